The van der Waals surface area contributed by atoms with Crippen LogP contribution in [0.3, 0.4) is 0 Å². The average molecular weight is 305 g/mol. The summed E-state index contributed by atoms with van der Waals surface area (Å²) in [5, 5.41) is 2.87. The molecule has 120 valence electrons. The second kappa shape index (κ2) is 6.75. The largest absolute Gasteiger partial charge is 0.313 e. The molecule has 0 aromatic carbocycles. The molecule has 0 aromatic rings. The highest BCUT2D eigenvalue weighted by atomic mass is 32.2. The number of hydrogen-bond donors (Lipinski definition) is 1. The van der Waals surface area contributed by atoms with Gasteiger partial charge in [-0.15, -0.1) is 0 Å². The minimum Gasteiger partial charge on any atom is -0.313 e. The smallest absolute Gasteiger partial charge is 0.217 e. The van der Waals surface area contributed by atoms with E-state index in [2.05, 4.69) is 26.1 Å². The first-order valence-electron chi connectivity index (χ1n) is 7.77. The number of nitrogens with zero attached hydrogens (tertiary/aromatic N) is 1. The van der Waals surface area contributed by atoms with Crippen LogP contribution in [-0.4, -0.2) is 43.6 Å². The van der Waals surface area contributed by atoms with Crippen molar-refractivity contribution in [1.82, 2.24) is 9.62 Å². The Labute approximate surface area is 125 Å². The highest BCUT2D eigenvalue weighted by Crippen LogP contribution is 2.35. The Morgan fingerprint density at radius 2 is 1.65 bits per heavy atom. The van der Waals surface area contributed by atoms with Gasteiger partial charge in [0.1, 0.15) is 0 Å². The van der Waals surface area contributed by atoms with Crippen LogP contribution in [0.2, 0.25) is 0 Å². The number of sulfonamides is 1. The van der Waals surface area contributed by atoms with E-state index in [9.17, 15) is 8.42 Å². The molecule has 1 aliphatic rings. The van der Waals surface area contributed by atoms with E-state index in [0.717, 1.165) is 12.8 Å². The molecule has 1 fully saturated rings. The zero-order valence-corrected chi connectivity index (χ0v) is 14.8. The molecule has 1 rings (SSSR count). The Balaban J connectivity index is 2.58. The van der Waals surface area contributed by atoms with Gasteiger partial charge in [-0.25, -0.2) is 12.7 Å². The van der Waals surface area contributed by atoms with Crippen molar-refractivity contribution >= 4 is 10.0 Å². The van der Waals surface area contributed by atoms with Crippen LogP contribution in [0.15, 0.2) is 0 Å². The topological polar surface area (TPSA) is 49.4 Å². The van der Waals surface area contributed by atoms with Gasteiger partial charge in [-0.2, -0.15) is 0 Å². The van der Waals surface area contributed by atoms with Gasteiger partial charge < -0.3 is 5.32 Å². The van der Waals surface area contributed by atoms with E-state index in [1.807, 2.05) is 13.8 Å². The molecule has 0 saturated carbocycles. The molecule has 1 aliphatic heterocycles. The molecule has 0 spiro atoms. The highest BCUT2D eigenvalue weighted by Gasteiger charge is 2.35. The minimum atomic E-state index is -3.16. The Morgan fingerprint density at radius 3 is 2.05 bits per heavy atom. The summed E-state index contributed by atoms with van der Waals surface area (Å²) in [5.74, 6) is 0.623. The van der Waals surface area contributed by atoms with Crippen LogP contribution in [0, 0.1) is 11.3 Å². The molecule has 1 unspecified atom stereocenters. The zero-order valence-electron chi connectivity index (χ0n) is 13.9. The lowest BCUT2D eigenvalue weighted by Gasteiger charge is -2.39. The third-order valence-electron chi connectivity index (χ3n) is 4.36. The Morgan fingerprint density at radius 1 is 1.15 bits per heavy atom. The van der Waals surface area contributed by atoms with Crippen LogP contribution < -0.4 is 5.32 Å². The summed E-state index contributed by atoms with van der Waals surface area (Å²) < 4.78 is 26.8. The number of piperidine rings is 1. The van der Waals surface area contributed by atoms with Gasteiger partial charge in [0.2, 0.25) is 10.0 Å². The van der Waals surface area contributed by atoms with Gasteiger partial charge in [-0.3, -0.25) is 0 Å². The van der Waals surface area contributed by atoms with E-state index in [4.69, 9.17) is 0 Å². The minimum absolute atomic E-state index is 0.278. The molecule has 0 amide bonds. The first-order chi connectivity index (χ1) is 9.05. The molecule has 1 saturated heterocycles. The van der Waals surface area contributed by atoms with Crippen LogP contribution >= 0.6 is 0 Å². The Hall–Kier alpha value is -0.130. The fourth-order valence-corrected chi connectivity index (χ4v) is 4.27. The summed E-state index contributed by atoms with van der Waals surface area (Å²) in [5.41, 5.74) is 0.278. The first kappa shape index (κ1) is 17.9. The quantitative estimate of drug-likeness (QED) is 0.849. The maximum absolute atomic E-state index is 12.5. The predicted molar refractivity (Wildman–Crippen MR) is 85.3 cm³/mol. The number of hydrogen-bond acceptors (Lipinski definition) is 3. The molecule has 0 radical (unpaired) electrons. The van der Waals surface area contributed by atoms with Crippen LogP contribution in [0.25, 0.3) is 0 Å². The van der Waals surface area contributed by atoms with Gasteiger partial charge in [-0.1, -0.05) is 34.6 Å². The van der Waals surface area contributed by atoms with Crippen molar-refractivity contribution in [2.45, 2.75) is 65.7 Å². The summed E-state index contributed by atoms with van der Waals surface area (Å²) in [4.78, 5) is 0. The van der Waals surface area contributed by atoms with E-state index in [1.54, 1.807) is 11.2 Å². The molecular weight excluding hydrogens is 272 g/mol. The summed E-state index contributed by atoms with van der Waals surface area (Å²) >= 11 is 0. The third-order valence-corrected chi connectivity index (χ3v) is 6.63. The molecule has 1 atom stereocenters. The maximum atomic E-state index is 12.5. The van der Waals surface area contributed by atoms with Crippen molar-refractivity contribution in [2.75, 3.05) is 19.6 Å². The van der Waals surface area contributed by atoms with Crippen molar-refractivity contribution in [3.05, 3.63) is 0 Å². The van der Waals surface area contributed by atoms with Crippen LogP contribution in [0.4, 0.5) is 0 Å². The molecule has 0 bridgehead atoms. The molecule has 5 heteroatoms. The van der Waals surface area contributed by atoms with Gasteiger partial charge in [0.15, 0.2) is 0 Å². The monoisotopic (exact) mass is 304 g/mol. The highest BCUT2D eigenvalue weighted by molar-refractivity contribution is 7.89. The van der Waals surface area contributed by atoms with E-state index in [-0.39, 0.29) is 10.7 Å². The van der Waals surface area contributed by atoms with Gasteiger partial charge in [0, 0.05) is 25.7 Å². The fourth-order valence-electron chi connectivity index (χ4n) is 2.74. The molecule has 20 heavy (non-hydrogen) atoms. The lowest BCUT2D eigenvalue weighted by molar-refractivity contribution is 0.153. The second-order valence-electron chi connectivity index (χ2n) is 7.46. The van der Waals surface area contributed by atoms with Crippen molar-refractivity contribution in [3.8, 4) is 0 Å². The SMILES string of the molecule is CC(C)NCC(C)S(=O)(=O)N1CCC(C(C)(C)C)CC1. The van der Waals surface area contributed by atoms with Crippen molar-refractivity contribution in [2.24, 2.45) is 11.3 Å². The fraction of sp³-hybridized carbons (Fsp3) is 1.00. The maximum Gasteiger partial charge on any atom is 0.217 e. The lowest BCUT2D eigenvalue weighted by Crippen LogP contribution is -2.47. The van der Waals surface area contributed by atoms with E-state index < -0.39 is 10.0 Å². The number of rotatable bonds is 5. The van der Waals surface area contributed by atoms with Crippen molar-refractivity contribution in [3.63, 3.8) is 0 Å². The van der Waals surface area contributed by atoms with Crippen LogP contribution in [0.5, 0.6) is 0 Å². The van der Waals surface area contributed by atoms with E-state index in [1.165, 1.54) is 0 Å². The van der Waals surface area contributed by atoms with Crippen molar-refractivity contribution in [1.29, 1.82) is 0 Å². The molecular formula is C15H32N2O2S. The summed E-state index contributed by atoms with van der Waals surface area (Å²) in [6.45, 7) is 14.5. The molecule has 0 aromatic heterocycles. The van der Waals surface area contributed by atoms with Crippen LogP contribution in [0.1, 0.15) is 54.4 Å². The Bertz CT molecular complexity index is 391. The standard InChI is InChI=1S/C15H32N2O2S/c1-12(2)16-11-13(3)20(18,19)17-9-7-14(8-10-17)15(4,5)6/h12-14,16H,7-11H2,1-6H3. The summed E-state index contributed by atoms with van der Waals surface area (Å²) in [7, 11) is -3.16. The zero-order chi connectivity index (χ0) is 15.6. The third kappa shape index (κ3) is 4.71. The average Bonchev–Trinajstić information content (AvgIpc) is 2.34. The second-order valence-corrected chi connectivity index (χ2v) is 9.81. The lowest BCUT2D eigenvalue weighted by atomic mass is 9.76. The molecule has 1 N–H and O–H groups in total. The summed E-state index contributed by atoms with van der Waals surface area (Å²) in [6.07, 6.45) is 1.96. The Kier molecular flexibility index (Phi) is 6.05. The molecule has 1 heterocycles. The van der Waals surface area contributed by atoms with Crippen molar-refractivity contribution < 1.29 is 8.42 Å². The van der Waals surface area contributed by atoms with Gasteiger partial charge >= 0.3 is 0 Å². The van der Waals surface area contributed by atoms with Gasteiger partial charge in [-0.05, 0) is 31.1 Å². The molecule has 0 aliphatic carbocycles. The van der Waals surface area contributed by atoms with Gasteiger partial charge in [0.05, 0.1) is 5.25 Å². The summed E-state index contributed by atoms with van der Waals surface area (Å²) in [6, 6.07) is 0.319. The van der Waals surface area contributed by atoms with E-state index in [0.29, 0.717) is 31.6 Å². The molecule has 4 nitrogen and oxygen atoms in total. The van der Waals surface area contributed by atoms with Crippen LogP contribution in [-0.2, 0) is 10.0 Å². The van der Waals surface area contributed by atoms with Gasteiger partial charge in [0.25, 0.3) is 0 Å². The predicted octanol–water partition coefficient (Wildman–Crippen LogP) is 2.46. The number of nitrogens with one attached hydrogen (secondary N) is 1. The first-order valence-corrected chi connectivity index (χ1v) is 9.27. The normalized spacial score (nSPS) is 21.4. The van der Waals surface area contributed by atoms with E-state index >= 15 is 0 Å².